The maximum Gasteiger partial charge on any atom is 0.416 e. The van der Waals surface area contributed by atoms with Crippen molar-refractivity contribution in [1.29, 1.82) is 0 Å². The van der Waals surface area contributed by atoms with Crippen LogP contribution in [0.5, 0.6) is 11.5 Å². The molecule has 6 nitrogen and oxygen atoms in total. The van der Waals surface area contributed by atoms with Crippen molar-refractivity contribution in [2.24, 2.45) is 7.05 Å². The molecule has 0 amide bonds. The Morgan fingerprint density at radius 1 is 1.06 bits per heavy atom. The number of hydrogen-bond donors (Lipinski definition) is 1. The molecule has 0 unspecified atom stereocenters. The van der Waals surface area contributed by atoms with Crippen molar-refractivity contribution in [2.45, 2.75) is 24.9 Å². The first-order valence-electron chi connectivity index (χ1n) is 10.9. The summed E-state index contributed by atoms with van der Waals surface area (Å²) in [6.45, 7) is 1.33. The van der Waals surface area contributed by atoms with Crippen molar-refractivity contribution in [3.63, 3.8) is 0 Å². The van der Waals surface area contributed by atoms with Crippen LogP contribution in [0.4, 0.5) is 13.2 Å². The highest BCUT2D eigenvalue weighted by molar-refractivity contribution is 5.91. The highest BCUT2D eigenvalue weighted by Crippen LogP contribution is 2.40. The van der Waals surface area contributed by atoms with Crippen LogP contribution in [-0.2, 0) is 18.0 Å². The lowest BCUT2D eigenvalue weighted by molar-refractivity contribution is -0.137. The van der Waals surface area contributed by atoms with Crippen LogP contribution < -0.4 is 10.3 Å². The maximum atomic E-state index is 13.0. The molecule has 2 aromatic carbocycles. The minimum Gasteiger partial charge on any atom is -0.454 e. The van der Waals surface area contributed by atoms with Crippen molar-refractivity contribution in [3.8, 4) is 22.6 Å². The van der Waals surface area contributed by atoms with E-state index in [4.69, 9.17) is 14.5 Å². The zero-order valence-corrected chi connectivity index (χ0v) is 18.4. The fraction of sp³-hybridized carbons (Fsp3) is 0.280. The first-order chi connectivity index (χ1) is 16.3. The van der Waals surface area contributed by atoms with Crippen LogP contribution in [0.2, 0.25) is 0 Å². The number of halogens is 3. The lowest BCUT2D eigenvalue weighted by Gasteiger charge is -2.19. The van der Waals surface area contributed by atoms with Gasteiger partial charge in [0.05, 0.1) is 11.1 Å². The third-order valence-corrected chi connectivity index (χ3v) is 6.03. The van der Waals surface area contributed by atoms with Gasteiger partial charge in [0.15, 0.2) is 5.75 Å². The Labute approximate surface area is 193 Å². The Bertz CT molecular complexity index is 1380. The number of fused-ring (bicyclic) bond motifs is 1. The maximum absolute atomic E-state index is 13.0. The molecule has 0 radical (unpaired) electrons. The number of imidazole rings is 1. The lowest BCUT2D eigenvalue weighted by atomic mass is 10.00. The van der Waals surface area contributed by atoms with E-state index in [-0.39, 0.29) is 17.2 Å². The first kappa shape index (κ1) is 22.2. The predicted octanol–water partition coefficient (Wildman–Crippen LogP) is 5.63. The second-order valence-corrected chi connectivity index (χ2v) is 8.34. The monoisotopic (exact) mass is 469 g/mol. The zero-order chi connectivity index (χ0) is 23.9. The Morgan fingerprint density at radius 3 is 2.47 bits per heavy atom. The van der Waals surface area contributed by atoms with Gasteiger partial charge in [-0.2, -0.15) is 13.2 Å². The van der Waals surface area contributed by atoms with Crippen LogP contribution in [0, 0.1) is 0 Å². The zero-order valence-electron chi connectivity index (χ0n) is 18.4. The Kier molecular flexibility index (Phi) is 5.65. The van der Waals surface area contributed by atoms with Crippen molar-refractivity contribution < 1.29 is 22.6 Å². The van der Waals surface area contributed by atoms with Gasteiger partial charge < -0.3 is 19.0 Å². The second-order valence-electron chi connectivity index (χ2n) is 8.34. The summed E-state index contributed by atoms with van der Waals surface area (Å²) in [5.74, 6) is 1.71. The van der Waals surface area contributed by atoms with E-state index in [1.165, 1.54) is 22.8 Å². The average molecular weight is 469 g/mol. The molecule has 0 aliphatic carbocycles. The van der Waals surface area contributed by atoms with Gasteiger partial charge >= 0.3 is 6.18 Å². The number of hydrogen-bond acceptors (Lipinski definition) is 4. The molecular formula is C25H22F3N3O3. The van der Waals surface area contributed by atoms with Gasteiger partial charge in [-0.15, -0.1) is 0 Å². The minimum atomic E-state index is -4.43. The number of aryl methyl sites for hydroxylation is 1. The molecule has 1 aliphatic rings. The number of H-pyrrole nitrogens is 1. The highest BCUT2D eigenvalue weighted by Gasteiger charge is 2.30. The largest absolute Gasteiger partial charge is 0.454 e. The van der Waals surface area contributed by atoms with Crippen LogP contribution in [0.1, 0.15) is 30.1 Å². The Morgan fingerprint density at radius 2 is 1.79 bits per heavy atom. The van der Waals surface area contributed by atoms with Crippen LogP contribution >= 0.6 is 0 Å². The molecular weight excluding hydrogens is 447 g/mol. The summed E-state index contributed by atoms with van der Waals surface area (Å²) in [4.78, 5) is 20.1. The summed E-state index contributed by atoms with van der Waals surface area (Å²) in [5.41, 5.74) is 1.83. The number of nitrogens with zero attached hydrogens (tertiary/aromatic N) is 2. The summed E-state index contributed by atoms with van der Waals surface area (Å²) in [5, 5.41) is 0. The van der Waals surface area contributed by atoms with Gasteiger partial charge in [0.25, 0.3) is 0 Å². The van der Waals surface area contributed by atoms with Crippen molar-refractivity contribution in [3.05, 3.63) is 76.5 Å². The van der Waals surface area contributed by atoms with Crippen LogP contribution in [0.15, 0.2) is 59.5 Å². The Hall–Kier alpha value is -3.59. The van der Waals surface area contributed by atoms with Crippen LogP contribution in [0.3, 0.4) is 0 Å². The van der Waals surface area contributed by atoms with Gasteiger partial charge in [0, 0.05) is 49.6 Å². The van der Waals surface area contributed by atoms with Crippen LogP contribution in [-0.4, -0.2) is 27.7 Å². The first-order valence-corrected chi connectivity index (χ1v) is 10.9. The highest BCUT2D eigenvalue weighted by atomic mass is 19.4. The molecule has 3 heterocycles. The third-order valence-electron chi connectivity index (χ3n) is 6.03. The SMILES string of the molecule is Cn1cc(-c2ccc3[nH]c(C4CCOCC4)nc3c2Oc2ccc(C(F)(F)F)cc2)ccc1=O. The lowest BCUT2D eigenvalue weighted by Crippen LogP contribution is -2.15. The third kappa shape index (κ3) is 4.31. The number of aromatic amines is 1. The van der Waals surface area contributed by atoms with Gasteiger partial charge in [0.1, 0.15) is 17.1 Å². The molecule has 1 fully saturated rings. The summed E-state index contributed by atoms with van der Waals surface area (Å²) in [7, 11) is 1.65. The van der Waals surface area contributed by atoms with Gasteiger partial charge in [0.2, 0.25) is 5.56 Å². The molecule has 0 saturated carbocycles. The van der Waals surface area contributed by atoms with E-state index in [2.05, 4.69) is 4.98 Å². The second kappa shape index (κ2) is 8.64. The van der Waals surface area contributed by atoms with E-state index in [9.17, 15) is 18.0 Å². The molecule has 0 atom stereocenters. The smallest absolute Gasteiger partial charge is 0.416 e. The number of ether oxygens (including phenoxy) is 2. The molecule has 0 bridgehead atoms. The van der Waals surface area contributed by atoms with E-state index < -0.39 is 11.7 Å². The number of aromatic nitrogens is 3. The molecule has 34 heavy (non-hydrogen) atoms. The predicted molar refractivity (Wildman–Crippen MR) is 121 cm³/mol. The number of alkyl halides is 3. The van der Waals surface area contributed by atoms with E-state index in [0.29, 0.717) is 30.0 Å². The van der Waals surface area contributed by atoms with Crippen molar-refractivity contribution >= 4 is 11.0 Å². The van der Waals surface area contributed by atoms with Crippen LogP contribution in [0.25, 0.3) is 22.2 Å². The molecule has 9 heteroatoms. The normalized spacial score (nSPS) is 15.1. The summed E-state index contributed by atoms with van der Waals surface area (Å²) >= 11 is 0. The van der Waals surface area contributed by atoms with Gasteiger partial charge in [-0.05, 0) is 55.3 Å². The summed E-state index contributed by atoms with van der Waals surface area (Å²) in [6, 6.07) is 11.4. The Balaban J connectivity index is 1.62. The van der Waals surface area contributed by atoms with Gasteiger partial charge in [-0.3, -0.25) is 4.79 Å². The van der Waals surface area contributed by atoms with Crippen molar-refractivity contribution in [1.82, 2.24) is 14.5 Å². The molecule has 1 aliphatic heterocycles. The summed E-state index contributed by atoms with van der Waals surface area (Å²) < 4.78 is 52.1. The molecule has 1 saturated heterocycles. The number of benzene rings is 2. The fourth-order valence-corrected chi connectivity index (χ4v) is 4.15. The van der Waals surface area contributed by atoms with E-state index in [1.54, 1.807) is 19.3 Å². The average Bonchev–Trinajstić information content (AvgIpc) is 3.26. The number of rotatable bonds is 4. The quantitative estimate of drug-likeness (QED) is 0.420. The molecule has 0 spiro atoms. The van der Waals surface area contributed by atoms with Gasteiger partial charge in [-0.1, -0.05) is 0 Å². The van der Waals surface area contributed by atoms with E-state index in [0.717, 1.165) is 41.9 Å². The topological polar surface area (TPSA) is 69.1 Å². The molecule has 1 N–H and O–H groups in total. The standard InChI is InChI=1S/C25H22F3N3O3/c1-31-14-16(2-9-21(31)32)19-7-8-20-22(30-24(29-20)15-10-12-33-13-11-15)23(19)34-18-5-3-17(4-6-18)25(26,27)28/h2-9,14-15H,10-13H2,1H3,(H,29,30). The van der Waals surface area contributed by atoms with E-state index >= 15 is 0 Å². The minimum absolute atomic E-state index is 0.156. The number of nitrogens with one attached hydrogen (secondary N) is 1. The summed E-state index contributed by atoms with van der Waals surface area (Å²) in [6.07, 6.45) is -1.04. The molecule has 5 rings (SSSR count). The number of pyridine rings is 1. The fourth-order valence-electron chi connectivity index (χ4n) is 4.15. The molecule has 176 valence electrons. The molecule has 4 aromatic rings. The van der Waals surface area contributed by atoms with Crippen molar-refractivity contribution in [2.75, 3.05) is 13.2 Å². The molecule has 2 aromatic heterocycles. The van der Waals surface area contributed by atoms with E-state index in [1.807, 2.05) is 12.1 Å². The van der Waals surface area contributed by atoms with Gasteiger partial charge in [-0.25, -0.2) is 4.98 Å².